The number of nitro benzene ring substituents is 1. The summed E-state index contributed by atoms with van der Waals surface area (Å²) in [6, 6.07) is 4.26. The van der Waals surface area contributed by atoms with Crippen molar-refractivity contribution in [1.82, 2.24) is 0 Å². The highest BCUT2D eigenvalue weighted by atomic mass is 35.5. The average molecular weight is 284 g/mol. The van der Waals surface area contributed by atoms with Crippen LogP contribution in [0.1, 0.15) is 42.5 Å². The van der Waals surface area contributed by atoms with Crippen molar-refractivity contribution in [3.05, 3.63) is 38.9 Å². The highest BCUT2D eigenvalue weighted by Crippen LogP contribution is 2.30. The van der Waals surface area contributed by atoms with E-state index in [1.54, 1.807) is 0 Å². The van der Waals surface area contributed by atoms with Crippen LogP contribution in [0.15, 0.2) is 18.2 Å². The molecule has 6 heteroatoms. The molecule has 0 heterocycles. The zero-order valence-corrected chi connectivity index (χ0v) is 11.1. The predicted molar refractivity (Wildman–Crippen MR) is 70.4 cm³/mol. The van der Waals surface area contributed by atoms with Gasteiger partial charge in [-0.1, -0.05) is 24.1 Å². The predicted octanol–water partition coefficient (Wildman–Crippen LogP) is 3.74. The van der Waals surface area contributed by atoms with Crippen LogP contribution in [0.5, 0.6) is 0 Å². The van der Waals surface area contributed by atoms with Gasteiger partial charge in [-0.05, 0) is 37.8 Å². The molecule has 1 saturated carbocycles. The summed E-state index contributed by atoms with van der Waals surface area (Å²) in [5, 5.41) is 10.9. The number of carbonyl (C=O) groups excluding carboxylic acids is 1. The first-order chi connectivity index (χ1) is 9.09. The number of benzene rings is 1. The molecule has 19 heavy (non-hydrogen) atoms. The Morgan fingerprint density at radius 3 is 2.63 bits per heavy atom. The zero-order chi connectivity index (χ0) is 13.8. The molecule has 0 aliphatic heterocycles. The van der Waals surface area contributed by atoms with E-state index in [1.165, 1.54) is 18.2 Å². The molecule has 0 atom stereocenters. The first-order valence-electron chi connectivity index (χ1n) is 6.23. The van der Waals surface area contributed by atoms with Crippen molar-refractivity contribution in [2.24, 2.45) is 0 Å². The number of hydrogen-bond donors (Lipinski definition) is 0. The van der Waals surface area contributed by atoms with Crippen LogP contribution in [-0.2, 0) is 4.74 Å². The number of para-hydroxylation sites is 1. The summed E-state index contributed by atoms with van der Waals surface area (Å²) in [5.74, 6) is -0.666. The Kier molecular flexibility index (Phi) is 4.37. The molecule has 1 fully saturated rings. The van der Waals surface area contributed by atoms with Gasteiger partial charge in [-0.25, -0.2) is 4.79 Å². The van der Waals surface area contributed by atoms with Crippen LogP contribution in [0.4, 0.5) is 5.69 Å². The molecule has 0 amide bonds. The summed E-state index contributed by atoms with van der Waals surface area (Å²) >= 11 is 5.76. The summed E-state index contributed by atoms with van der Waals surface area (Å²) < 4.78 is 5.32. The molecule has 1 aromatic carbocycles. The molecule has 0 N–H and O–H groups in total. The van der Waals surface area contributed by atoms with E-state index in [9.17, 15) is 14.9 Å². The van der Waals surface area contributed by atoms with Crippen molar-refractivity contribution in [1.29, 1.82) is 0 Å². The third-order valence-electron chi connectivity index (χ3n) is 3.22. The molecule has 0 bridgehead atoms. The third-order valence-corrected chi connectivity index (χ3v) is 3.52. The minimum atomic E-state index is -0.666. The molecular formula is C13H14ClNO4. The molecule has 1 aliphatic carbocycles. The minimum Gasteiger partial charge on any atom is -0.459 e. The van der Waals surface area contributed by atoms with Gasteiger partial charge >= 0.3 is 11.7 Å². The van der Waals surface area contributed by atoms with Gasteiger partial charge in [0.25, 0.3) is 0 Å². The van der Waals surface area contributed by atoms with E-state index in [0.29, 0.717) is 0 Å². The van der Waals surface area contributed by atoms with Crippen LogP contribution in [0.2, 0.25) is 5.02 Å². The number of rotatable bonds is 3. The standard InChI is InChI=1S/C13H14ClNO4/c14-11-8-4-7-10(12(11)15(17)18)13(16)19-9-5-2-1-3-6-9/h4,7-9H,1-3,5-6H2. The van der Waals surface area contributed by atoms with Crippen LogP contribution >= 0.6 is 11.6 Å². The second kappa shape index (κ2) is 6.02. The second-order valence-electron chi connectivity index (χ2n) is 4.56. The summed E-state index contributed by atoms with van der Waals surface area (Å²) in [7, 11) is 0. The Hall–Kier alpha value is -1.62. The lowest BCUT2D eigenvalue weighted by atomic mass is 9.98. The normalized spacial score (nSPS) is 16.1. The number of nitrogens with zero attached hydrogens (tertiary/aromatic N) is 1. The molecule has 0 unspecified atom stereocenters. The van der Waals surface area contributed by atoms with Crippen molar-refractivity contribution in [2.45, 2.75) is 38.2 Å². The summed E-state index contributed by atoms with van der Waals surface area (Å²) in [4.78, 5) is 22.3. The molecule has 5 nitrogen and oxygen atoms in total. The van der Waals surface area contributed by atoms with Gasteiger partial charge in [0.15, 0.2) is 0 Å². The second-order valence-corrected chi connectivity index (χ2v) is 4.97. The van der Waals surface area contributed by atoms with Crippen molar-refractivity contribution in [3.63, 3.8) is 0 Å². The maximum absolute atomic E-state index is 12.0. The van der Waals surface area contributed by atoms with Gasteiger partial charge in [0, 0.05) is 0 Å². The quantitative estimate of drug-likeness (QED) is 0.481. The van der Waals surface area contributed by atoms with Crippen LogP contribution in [0.25, 0.3) is 0 Å². The summed E-state index contributed by atoms with van der Waals surface area (Å²) in [5.41, 5.74) is -0.465. The van der Waals surface area contributed by atoms with Gasteiger partial charge in [-0.3, -0.25) is 10.1 Å². The number of carbonyl (C=O) groups is 1. The van der Waals surface area contributed by atoms with Crippen LogP contribution in [-0.4, -0.2) is 17.0 Å². The summed E-state index contributed by atoms with van der Waals surface area (Å²) in [6.07, 6.45) is 4.69. The largest absolute Gasteiger partial charge is 0.459 e. The van der Waals surface area contributed by atoms with Gasteiger partial charge in [0.1, 0.15) is 16.7 Å². The summed E-state index contributed by atoms with van der Waals surface area (Å²) in [6.45, 7) is 0. The molecule has 0 saturated heterocycles. The Morgan fingerprint density at radius 1 is 1.32 bits per heavy atom. The van der Waals surface area contributed by atoms with Gasteiger partial charge in [-0.2, -0.15) is 0 Å². The lowest BCUT2D eigenvalue weighted by Gasteiger charge is -2.21. The van der Waals surface area contributed by atoms with E-state index < -0.39 is 10.9 Å². The zero-order valence-electron chi connectivity index (χ0n) is 10.3. The van der Waals surface area contributed by atoms with Crippen LogP contribution in [0, 0.1) is 10.1 Å². The molecule has 2 rings (SSSR count). The smallest absolute Gasteiger partial charge is 0.345 e. The van der Waals surface area contributed by atoms with Gasteiger partial charge in [-0.15, -0.1) is 0 Å². The lowest BCUT2D eigenvalue weighted by molar-refractivity contribution is -0.385. The molecule has 1 aromatic rings. The number of hydrogen-bond acceptors (Lipinski definition) is 4. The fraction of sp³-hybridized carbons (Fsp3) is 0.462. The molecule has 102 valence electrons. The number of halogens is 1. The molecule has 1 aliphatic rings. The van der Waals surface area contributed by atoms with Crippen molar-refractivity contribution in [2.75, 3.05) is 0 Å². The fourth-order valence-electron chi connectivity index (χ4n) is 2.26. The molecule has 0 radical (unpaired) electrons. The van der Waals surface area contributed by atoms with Crippen LogP contribution < -0.4 is 0 Å². The number of nitro groups is 1. The highest BCUT2D eigenvalue weighted by Gasteiger charge is 2.27. The SMILES string of the molecule is O=C(OC1CCCCC1)c1cccc(Cl)c1[N+](=O)[O-]. The van der Waals surface area contributed by atoms with Gasteiger partial charge < -0.3 is 4.74 Å². The average Bonchev–Trinajstić information content (AvgIpc) is 2.39. The van der Waals surface area contributed by atoms with Crippen molar-refractivity contribution < 1.29 is 14.5 Å². The first-order valence-corrected chi connectivity index (χ1v) is 6.61. The number of esters is 1. The van der Waals surface area contributed by atoms with E-state index in [0.717, 1.165) is 32.1 Å². The fourth-order valence-corrected chi connectivity index (χ4v) is 2.51. The van der Waals surface area contributed by atoms with Crippen molar-refractivity contribution >= 4 is 23.3 Å². The topological polar surface area (TPSA) is 69.4 Å². The van der Waals surface area contributed by atoms with E-state index in [-0.39, 0.29) is 22.4 Å². The highest BCUT2D eigenvalue weighted by molar-refractivity contribution is 6.33. The molecule has 0 aromatic heterocycles. The Balaban J connectivity index is 2.18. The number of ether oxygens (including phenoxy) is 1. The third kappa shape index (κ3) is 3.23. The maximum Gasteiger partial charge on any atom is 0.345 e. The van der Waals surface area contributed by atoms with Gasteiger partial charge in [0.05, 0.1) is 4.92 Å². The van der Waals surface area contributed by atoms with Crippen LogP contribution in [0.3, 0.4) is 0 Å². The monoisotopic (exact) mass is 283 g/mol. The first kappa shape index (κ1) is 13.8. The Labute approximate surface area is 115 Å². The molecule has 0 spiro atoms. The molecular weight excluding hydrogens is 270 g/mol. The van der Waals surface area contributed by atoms with E-state index in [1.807, 2.05) is 0 Å². The van der Waals surface area contributed by atoms with E-state index >= 15 is 0 Å². The lowest BCUT2D eigenvalue weighted by Crippen LogP contribution is -2.21. The van der Waals surface area contributed by atoms with E-state index in [2.05, 4.69) is 0 Å². The van der Waals surface area contributed by atoms with E-state index in [4.69, 9.17) is 16.3 Å². The van der Waals surface area contributed by atoms with Crippen molar-refractivity contribution in [3.8, 4) is 0 Å². The minimum absolute atomic E-state index is 0.0527. The Bertz CT molecular complexity index is 497. The Morgan fingerprint density at radius 2 is 2.00 bits per heavy atom. The maximum atomic E-state index is 12.0. The van der Waals surface area contributed by atoms with Gasteiger partial charge in [0.2, 0.25) is 0 Å².